The molecule has 25 heavy (non-hydrogen) atoms. The number of hydrogen-bond donors (Lipinski definition) is 2. The van der Waals surface area contributed by atoms with Crippen LogP contribution < -0.4 is 15.4 Å². The summed E-state index contributed by atoms with van der Waals surface area (Å²) in [7, 11) is 1.82. The molecule has 5 nitrogen and oxygen atoms in total. The SMILES string of the molecule is CN=C(NCc1ccccc1OC1CCCC1)NC1CC2CCC1O2. The van der Waals surface area contributed by atoms with Gasteiger partial charge in [0.2, 0.25) is 0 Å². The van der Waals surface area contributed by atoms with E-state index >= 15 is 0 Å². The first-order valence-corrected chi connectivity index (χ1v) is 9.69. The van der Waals surface area contributed by atoms with Gasteiger partial charge < -0.3 is 20.1 Å². The zero-order valence-corrected chi connectivity index (χ0v) is 15.0. The second-order valence-corrected chi connectivity index (χ2v) is 7.42. The molecule has 0 amide bonds. The van der Waals surface area contributed by atoms with Crippen molar-refractivity contribution in [1.29, 1.82) is 0 Å². The van der Waals surface area contributed by atoms with Crippen molar-refractivity contribution in [3.8, 4) is 5.75 Å². The van der Waals surface area contributed by atoms with Gasteiger partial charge in [0.15, 0.2) is 5.96 Å². The van der Waals surface area contributed by atoms with Gasteiger partial charge in [-0.05, 0) is 51.0 Å². The quantitative estimate of drug-likeness (QED) is 0.637. The highest BCUT2D eigenvalue weighted by atomic mass is 16.5. The lowest BCUT2D eigenvalue weighted by Gasteiger charge is -2.23. The Morgan fingerprint density at radius 1 is 1.20 bits per heavy atom. The van der Waals surface area contributed by atoms with Gasteiger partial charge in [-0.2, -0.15) is 0 Å². The van der Waals surface area contributed by atoms with Crippen LogP contribution in [0.1, 0.15) is 50.5 Å². The molecule has 1 aromatic rings. The summed E-state index contributed by atoms with van der Waals surface area (Å²) < 4.78 is 12.1. The number of ether oxygens (including phenoxy) is 2. The van der Waals surface area contributed by atoms with Crippen LogP contribution in [-0.2, 0) is 11.3 Å². The maximum atomic E-state index is 6.23. The molecule has 0 radical (unpaired) electrons. The molecule has 3 aliphatic rings. The summed E-state index contributed by atoms with van der Waals surface area (Å²) in [5.74, 6) is 1.84. The van der Waals surface area contributed by atoms with Gasteiger partial charge in [0, 0.05) is 19.2 Å². The van der Waals surface area contributed by atoms with Crippen LogP contribution in [0, 0.1) is 0 Å². The predicted octanol–water partition coefficient (Wildman–Crippen LogP) is 2.99. The highest BCUT2D eigenvalue weighted by Gasteiger charge is 2.41. The molecule has 2 bridgehead atoms. The number of nitrogens with one attached hydrogen (secondary N) is 2. The molecule has 4 rings (SSSR count). The molecule has 5 heteroatoms. The lowest BCUT2D eigenvalue weighted by molar-refractivity contribution is 0.0992. The first-order chi connectivity index (χ1) is 12.3. The Hall–Kier alpha value is -1.75. The van der Waals surface area contributed by atoms with Gasteiger partial charge in [-0.1, -0.05) is 18.2 Å². The van der Waals surface area contributed by atoms with Crippen molar-refractivity contribution in [3.05, 3.63) is 29.8 Å². The second-order valence-electron chi connectivity index (χ2n) is 7.42. The molecule has 1 aromatic carbocycles. The third kappa shape index (κ3) is 3.92. The molecule has 2 saturated heterocycles. The van der Waals surface area contributed by atoms with E-state index in [1.807, 2.05) is 13.1 Å². The summed E-state index contributed by atoms with van der Waals surface area (Å²) in [5.41, 5.74) is 1.18. The third-order valence-electron chi connectivity index (χ3n) is 5.67. The maximum absolute atomic E-state index is 6.23. The lowest BCUT2D eigenvalue weighted by Crippen LogP contribution is -2.47. The van der Waals surface area contributed by atoms with E-state index in [2.05, 4.69) is 33.8 Å². The Balaban J connectivity index is 1.33. The second kappa shape index (κ2) is 7.65. The van der Waals surface area contributed by atoms with Gasteiger partial charge in [-0.15, -0.1) is 0 Å². The number of hydrogen-bond acceptors (Lipinski definition) is 3. The van der Waals surface area contributed by atoms with E-state index in [9.17, 15) is 0 Å². The molecular weight excluding hydrogens is 314 g/mol. The normalized spacial score (nSPS) is 29.2. The minimum Gasteiger partial charge on any atom is -0.490 e. The number of fused-ring (bicyclic) bond motifs is 2. The molecule has 0 aromatic heterocycles. The van der Waals surface area contributed by atoms with Crippen molar-refractivity contribution in [2.75, 3.05) is 7.05 Å². The molecule has 2 N–H and O–H groups in total. The van der Waals surface area contributed by atoms with Gasteiger partial charge in [0.1, 0.15) is 5.75 Å². The van der Waals surface area contributed by atoms with Gasteiger partial charge in [0.05, 0.1) is 24.4 Å². The number of guanidine groups is 1. The summed E-state index contributed by atoms with van der Waals surface area (Å²) in [4.78, 5) is 4.38. The molecular formula is C20H29N3O2. The van der Waals surface area contributed by atoms with Crippen LogP contribution in [0.25, 0.3) is 0 Å². The number of rotatable bonds is 5. The Morgan fingerprint density at radius 3 is 2.76 bits per heavy atom. The summed E-state index contributed by atoms with van der Waals surface area (Å²) in [6.07, 6.45) is 9.56. The molecule has 3 fully saturated rings. The van der Waals surface area contributed by atoms with Crippen LogP contribution in [0.4, 0.5) is 0 Å². The van der Waals surface area contributed by atoms with Crippen LogP contribution in [-0.4, -0.2) is 37.4 Å². The Kier molecular flexibility index (Phi) is 5.11. The number of nitrogens with zero attached hydrogens (tertiary/aromatic N) is 1. The minimum atomic E-state index is 0.349. The number of para-hydroxylation sites is 1. The molecule has 2 aliphatic heterocycles. The van der Waals surface area contributed by atoms with E-state index in [-0.39, 0.29) is 0 Å². The summed E-state index contributed by atoms with van der Waals surface area (Å²) in [6.45, 7) is 0.713. The summed E-state index contributed by atoms with van der Waals surface area (Å²) in [5, 5.41) is 6.97. The molecule has 3 unspecified atom stereocenters. The van der Waals surface area contributed by atoms with Crippen molar-refractivity contribution < 1.29 is 9.47 Å². The van der Waals surface area contributed by atoms with E-state index in [1.165, 1.54) is 37.7 Å². The average molecular weight is 343 g/mol. The van der Waals surface area contributed by atoms with Crippen molar-refractivity contribution in [3.63, 3.8) is 0 Å². The zero-order valence-electron chi connectivity index (χ0n) is 15.0. The predicted molar refractivity (Wildman–Crippen MR) is 99.0 cm³/mol. The van der Waals surface area contributed by atoms with E-state index in [4.69, 9.17) is 9.47 Å². The Bertz CT molecular complexity index is 613. The molecule has 1 aliphatic carbocycles. The van der Waals surface area contributed by atoms with E-state index < -0.39 is 0 Å². The van der Waals surface area contributed by atoms with Crippen LogP contribution in [0.2, 0.25) is 0 Å². The highest BCUT2D eigenvalue weighted by Crippen LogP contribution is 2.34. The van der Waals surface area contributed by atoms with Crippen LogP contribution >= 0.6 is 0 Å². The van der Waals surface area contributed by atoms with E-state index in [0.29, 0.717) is 30.9 Å². The molecule has 1 saturated carbocycles. The summed E-state index contributed by atoms with van der Waals surface area (Å²) in [6, 6.07) is 8.71. The molecule has 0 spiro atoms. The Labute approximate surface area is 150 Å². The monoisotopic (exact) mass is 343 g/mol. The van der Waals surface area contributed by atoms with Crippen LogP contribution in [0.3, 0.4) is 0 Å². The van der Waals surface area contributed by atoms with Crippen LogP contribution in [0.5, 0.6) is 5.75 Å². The average Bonchev–Trinajstić information content (AvgIpc) is 3.38. The fraction of sp³-hybridized carbons (Fsp3) is 0.650. The number of aliphatic imine (C=N–C) groups is 1. The molecule has 3 atom stereocenters. The van der Waals surface area contributed by atoms with Crippen molar-refractivity contribution in [1.82, 2.24) is 10.6 Å². The first kappa shape index (κ1) is 16.7. The van der Waals surface area contributed by atoms with Crippen molar-refractivity contribution >= 4 is 5.96 Å². The van der Waals surface area contributed by atoms with Gasteiger partial charge in [-0.3, -0.25) is 4.99 Å². The van der Waals surface area contributed by atoms with Gasteiger partial charge >= 0.3 is 0 Å². The van der Waals surface area contributed by atoms with Crippen molar-refractivity contribution in [2.45, 2.75) is 75.8 Å². The van der Waals surface area contributed by atoms with Gasteiger partial charge in [-0.25, -0.2) is 0 Å². The molecule has 136 valence electrons. The minimum absolute atomic E-state index is 0.349. The molecule has 2 heterocycles. The van der Waals surface area contributed by atoms with E-state index in [0.717, 1.165) is 24.6 Å². The maximum Gasteiger partial charge on any atom is 0.191 e. The standard InChI is InChI=1S/C20H29N3O2/c1-21-20(23-17-12-16-10-11-19(17)25-16)22-13-14-6-2-5-9-18(14)24-15-7-3-4-8-15/h2,5-6,9,15-17,19H,3-4,7-8,10-13H2,1H3,(H2,21,22,23). The largest absolute Gasteiger partial charge is 0.490 e. The first-order valence-electron chi connectivity index (χ1n) is 9.69. The van der Waals surface area contributed by atoms with Crippen molar-refractivity contribution in [2.24, 2.45) is 4.99 Å². The topological polar surface area (TPSA) is 54.9 Å². The zero-order chi connectivity index (χ0) is 17.1. The third-order valence-corrected chi connectivity index (χ3v) is 5.67. The highest BCUT2D eigenvalue weighted by molar-refractivity contribution is 5.80. The summed E-state index contributed by atoms with van der Waals surface area (Å²) >= 11 is 0. The fourth-order valence-electron chi connectivity index (χ4n) is 4.29. The van der Waals surface area contributed by atoms with E-state index in [1.54, 1.807) is 0 Å². The van der Waals surface area contributed by atoms with Crippen LogP contribution in [0.15, 0.2) is 29.3 Å². The lowest BCUT2D eigenvalue weighted by atomic mass is 9.96. The smallest absolute Gasteiger partial charge is 0.191 e. The fourth-order valence-corrected chi connectivity index (χ4v) is 4.29. The Morgan fingerprint density at radius 2 is 2.04 bits per heavy atom. The van der Waals surface area contributed by atoms with Gasteiger partial charge in [0.25, 0.3) is 0 Å². The number of benzene rings is 1.